The fraction of sp³-hybridized carbons (Fsp3) is 0.538. The van der Waals surface area contributed by atoms with Gasteiger partial charge in [-0.3, -0.25) is 4.79 Å². The number of aliphatic hydroxyl groups excluding tert-OH is 1. The van der Waals surface area contributed by atoms with Gasteiger partial charge in [0, 0.05) is 25.2 Å². The molecule has 3 atom stereocenters. The SMILES string of the molecule is O=C(c1cnc(Cl)c(Cl)c1)N1CC2CCC(O)C2C1. The van der Waals surface area contributed by atoms with Crippen LogP contribution in [0.2, 0.25) is 10.2 Å². The van der Waals surface area contributed by atoms with E-state index in [1.54, 1.807) is 11.0 Å². The van der Waals surface area contributed by atoms with Gasteiger partial charge in [-0.15, -0.1) is 0 Å². The summed E-state index contributed by atoms with van der Waals surface area (Å²) in [4.78, 5) is 18.0. The van der Waals surface area contributed by atoms with Crippen molar-refractivity contribution in [2.75, 3.05) is 13.1 Å². The Bertz CT molecular complexity index is 523. The van der Waals surface area contributed by atoms with Crippen LogP contribution in [0.1, 0.15) is 23.2 Å². The van der Waals surface area contributed by atoms with E-state index >= 15 is 0 Å². The maximum atomic E-state index is 12.4. The smallest absolute Gasteiger partial charge is 0.255 e. The molecule has 19 heavy (non-hydrogen) atoms. The Morgan fingerprint density at radius 3 is 2.84 bits per heavy atom. The van der Waals surface area contributed by atoms with Crippen LogP contribution in [0, 0.1) is 11.8 Å². The van der Waals surface area contributed by atoms with E-state index < -0.39 is 0 Å². The highest BCUT2D eigenvalue weighted by molar-refractivity contribution is 6.41. The average Bonchev–Trinajstić information content (AvgIpc) is 2.95. The Kier molecular flexibility index (Phi) is 3.41. The summed E-state index contributed by atoms with van der Waals surface area (Å²) in [6.45, 7) is 1.33. The number of likely N-dealkylation sites (tertiary alicyclic amines) is 1. The number of carbonyl (C=O) groups excluding carboxylic acids is 1. The average molecular weight is 301 g/mol. The van der Waals surface area contributed by atoms with Crippen LogP contribution in [-0.4, -0.2) is 40.1 Å². The molecular weight excluding hydrogens is 287 g/mol. The fourth-order valence-corrected chi connectivity index (χ4v) is 3.39. The fourth-order valence-electron chi connectivity index (χ4n) is 3.12. The third-order valence-electron chi connectivity index (χ3n) is 4.15. The van der Waals surface area contributed by atoms with Crippen LogP contribution in [0.3, 0.4) is 0 Å². The normalized spacial score (nSPS) is 29.6. The topological polar surface area (TPSA) is 53.4 Å². The van der Waals surface area contributed by atoms with Crippen molar-refractivity contribution in [2.45, 2.75) is 18.9 Å². The van der Waals surface area contributed by atoms with Gasteiger partial charge in [0.2, 0.25) is 0 Å². The molecule has 0 bridgehead atoms. The number of carbonyl (C=O) groups is 1. The van der Waals surface area contributed by atoms with Crippen LogP contribution < -0.4 is 0 Å². The molecule has 3 rings (SSSR count). The van der Waals surface area contributed by atoms with Gasteiger partial charge in [0.1, 0.15) is 5.15 Å². The molecule has 0 spiro atoms. The molecule has 6 heteroatoms. The first-order valence-corrected chi connectivity index (χ1v) is 7.10. The first kappa shape index (κ1) is 13.2. The number of nitrogens with zero attached hydrogens (tertiary/aromatic N) is 2. The second-order valence-electron chi connectivity index (χ2n) is 5.28. The molecule has 1 aromatic heterocycles. The number of pyridine rings is 1. The Morgan fingerprint density at radius 2 is 2.16 bits per heavy atom. The number of hydrogen-bond acceptors (Lipinski definition) is 3. The third kappa shape index (κ3) is 2.33. The van der Waals surface area contributed by atoms with Gasteiger partial charge in [0.25, 0.3) is 5.91 Å². The summed E-state index contributed by atoms with van der Waals surface area (Å²) >= 11 is 11.6. The van der Waals surface area contributed by atoms with Crippen LogP contribution in [0.4, 0.5) is 0 Å². The summed E-state index contributed by atoms with van der Waals surface area (Å²) < 4.78 is 0. The maximum Gasteiger partial charge on any atom is 0.255 e. The number of halogens is 2. The van der Waals surface area contributed by atoms with Crippen molar-refractivity contribution in [1.82, 2.24) is 9.88 Å². The van der Waals surface area contributed by atoms with Crippen molar-refractivity contribution in [3.05, 3.63) is 28.0 Å². The predicted molar refractivity (Wildman–Crippen MR) is 72.4 cm³/mol. The lowest BCUT2D eigenvalue weighted by Gasteiger charge is -2.18. The highest BCUT2D eigenvalue weighted by atomic mass is 35.5. The lowest BCUT2D eigenvalue weighted by Crippen LogP contribution is -2.31. The largest absolute Gasteiger partial charge is 0.393 e. The number of hydrogen-bond donors (Lipinski definition) is 1. The minimum absolute atomic E-state index is 0.0901. The first-order chi connectivity index (χ1) is 9.06. The molecule has 2 aliphatic rings. The molecular formula is C13H14Cl2N2O2. The first-order valence-electron chi connectivity index (χ1n) is 6.34. The van der Waals surface area contributed by atoms with E-state index in [9.17, 15) is 9.90 Å². The zero-order chi connectivity index (χ0) is 13.6. The van der Waals surface area contributed by atoms with Crippen LogP contribution in [0.15, 0.2) is 12.3 Å². The van der Waals surface area contributed by atoms with Crippen LogP contribution in [-0.2, 0) is 0 Å². The van der Waals surface area contributed by atoms with E-state index in [0.29, 0.717) is 24.6 Å². The van der Waals surface area contributed by atoms with Crippen LogP contribution in [0.5, 0.6) is 0 Å². The second kappa shape index (κ2) is 4.93. The zero-order valence-electron chi connectivity index (χ0n) is 10.2. The quantitative estimate of drug-likeness (QED) is 0.809. The van der Waals surface area contributed by atoms with Gasteiger partial charge >= 0.3 is 0 Å². The molecule has 102 valence electrons. The third-order valence-corrected chi connectivity index (χ3v) is 4.84. The van der Waals surface area contributed by atoms with Crippen LogP contribution >= 0.6 is 23.2 Å². The molecule has 1 aromatic rings. The molecule has 3 unspecified atom stereocenters. The molecule has 0 aromatic carbocycles. The molecule has 1 amide bonds. The van der Waals surface area contributed by atoms with E-state index in [1.807, 2.05) is 0 Å². The van der Waals surface area contributed by atoms with Gasteiger partial charge < -0.3 is 10.0 Å². The summed E-state index contributed by atoms with van der Waals surface area (Å²) in [5, 5.41) is 10.3. The van der Waals surface area contributed by atoms with Gasteiger partial charge in [0.05, 0.1) is 16.7 Å². The van der Waals surface area contributed by atoms with Gasteiger partial charge in [-0.25, -0.2) is 4.98 Å². The number of aromatic nitrogens is 1. The summed E-state index contributed by atoms with van der Waals surface area (Å²) in [5.41, 5.74) is 0.448. The van der Waals surface area contributed by atoms with Crippen molar-refractivity contribution < 1.29 is 9.90 Å². The van der Waals surface area contributed by atoms with Crippen LogP contribution in [0.25, 0.3) is 0 Å². The van der Waals surface area contributed by atoms with Crippen molar-refractivity contribution in [3.63, 3.8) is 0 Å². The number of amides is 1. The lowest BCUT2D eigenvalue weighted by atomic mass is 10.00. The Hall–Kier alpha value is -0.840. The van der Waals surface area contributed by atoms with E-state index in [2.05, 4.69) is 4.98 Å². The molecule has 4 nitrogen and oxygen atoms in total. The summed E-state index contributed by atoms with van der Waals surface area (Å²) in [6.07, 6.45) is 3.02. The number of aliphatic hydroxyl groups is 1. The molecule has 2 fully saturated rings. The highest BCUT2D eigenvalue weighted by Crippen LogP contribution is 2.38. The van der Waals surface area contributed by atoms with E-state index in [1.165, 1.54) is 6.20 Å². The monoisotopic (exact) mass is 300 g/mol. The molecule has 1 aliphatic heterocycles. The molecule has 1 aliphatic carbocycles. The van der Waals surface area contributed by atoms with E-state index in [-0.39, 0.29) is 28.1 Å². The molecule has 0 radical (unpaired) electrons. The van der Waals surface area contributed by atoms with Gasteiger partial charge in [0.15, 0.2) is 0 Å². The van der Waals surface area contributed by atoms with Crippen molar-refractivity contribution in [2.24, 2.45) is 11.8 Å². The van der Waals surface area contributed by atoms with Gasteiger partial charge in [-0.1, -0.05) is 23.2 Å². The molecule has 1 N–H and O–H groups in total. The van der Waals surface area contributed by atoms with E-state index in [0.717, 1.165) is 12.8 Å². The minimum Gasteiger partial charge on any atom is -0.393 e. The van der Waals surface area contributed by atoms with Crippen molar-refractivity contribution >= 4 is 29.1 Å². The summed E-state index contributed by atoms with van der Waals surface area (Å²) in [5.74, 6) is 0.557. The van der Waals surface area contributed by atoms with E-state index in [4.69, 9.17) is 23.2 Å². The number of fused-ring (bicyclic) bond motifs is 1. The van der Waals surface area contributed by atoms with Gasteiger partial charge in [-0.2, -0.15) is 0 Å². The van der Waals surface area contributed by atoms with Crippen molar-refractivity contribution in [3.8, 4) is 0 Å². The maximum absolute atomic E-state index is 12.4. The van der Waals surface area contributed by atoms with Gasteiger partial charge in [-0.05, 0) is 24.8 Å². The Morgan fingerprint density at radius 1 is 1.37 bits per heavy atom. The zero-order valence-corrected chi connectivity index (χ0v) is 11.7. The predicted octanol–water partition coefficient (Wildman–Crippen LogP) is 2.23. The Labute approximate surface area is 121 Å². The summed E-state index contributed by atoms with van der Waals surface area (Å²) in [6, 6.07) is 1.55. The second-order valence-corrected chi connectivity index (χ2v) is 6.04. The number of rotatable bonds is 1. The molecule has 1 saturated heterocycles. The minimum atomic E-state index is -0.269. The summed E-state index contributed by atoms with van der Waals surface area (Å²) in [7, 11) is 0. The Balaban J connectivity index is 1.76. The molecule has 2 heterocycles. The highest BCUT2D eigenvalue weighted by Gasteiger charge is 2.43. The molecule has 1 saturated carbocycles. The van der Waals surface area contributed by atoms with Crippen molar-refractivity contribution in [1.29, 1.82) is 0 Å². The standard InChI is InChI=1S/C13H14Cl2N2O2/c14-10-3-8(4-16-12(10)15)13(19)17-5-7-1-2-11(18)9(7)6-17/h3-4,7,9,11,18H,1-2,5-6H2. The lowest BCUT2D eigenvalue weighted by molar-refractivity contribution is 0.0752.